The molecule has 4 heteroatoms. The first kappa shape index (κ1) is 14.8. The van der Waals surface area contributed by atoms with E-state index in [9.17, 15) is 5.26 Å². The highest BCUT2D eigenvalue weighted by molar-refractivity contribution is 5.78. The molecule has 1 fully saturated rings. The normalized spacial score (nSPS) is 14.4. The Morgan fingerprint density at radius 3 is 2.79 bits per heavy atom. The second-order valence-electron chi connectivity index (χ2n) is 6.43. The number of rotatable bonds is 3. The molecule has 2 aromatic heterocycles. The van der Waals surface area contributed by atoms with Crippen molar-refractivity contribution in [2.24, 2.45) is 0 Å². The Kier molecular flexibility index (Phi) is 3.50. The molecule has 4 nitrogen and oxygen atoms in total. The quantitative estimate of drug-likeness (QED) is 0.594. The zero-order valence-electron chi connectivity index (χ0n) is 14.0. The van der Waals surface area contributed by atoms with E-state index in [0.717, 1.165) is 47.3 Å². The van der Waals surface area contributed by atoms with Gasteiger partial charge in [-0.2, -0.15) is 9.66 Å². The standard InChI is InChI=1S/C20H20N4/c1-3-8-15-14(2)16(13-21)19-22-17-9-4-5-10-18(17)24(19)20(15)23-11-6-7-12-23/h3-5,9-10H,1,6-8,11-12H2,2H3/p+1. The predicted octanol–water partition coefficient (Wildman–Crippen LogP) is 3.42. The maximum Gasteiger partial charge on any atom is 0.250 e. The molecule has 120 valence electrons. The lowest BCUT2D eigenvalue weighted by Gasteiger charge is -2.19. The van der Waals surface area contributed by atoms with E-state index in [1.807, 2.05) is 12.1 Å². The average Bonchev–Trinajstić information content (AvgIpc) is 3.24. The number of aromatic nitrogens is 2. The molecule has 0 radical (unpaired) electrons. The van der Waals surface area contributed by atoms with Crippen molar-refractivity contribution in [2.45, 2.75) is 26.2 Å². The number of aromatic amines is 1. The molecular weight excluding hydrogens is 296 g/mol. The van der Waals surface area contributed by atoms with Crippen molar-refractivity contribution in [3.8, 4) is 6.07 Å². The molecule has 0 spiro atoms. The van der Waals surface area contributed by atoms with Crippen molar-refractivity contribution in [1.82, 2.24) is 4.98 Å². The van der Waals surface area contributed by atoms with E-state index in [4.69, 9.17) is 0 Å². The smallest absolute Gasteiger partial charge is 0.250 e. The van der Waals surface area contributed by atoms with E-state index in [1.165, 1.54) is 24.2 Å². The molecule has 1 aliphatic heterocycles. The third-order valence-electron chi connectivity index (χ3n) is 5.03. The van der Waals surface area contributed by atoms with Gasteiger partial charge in [-0.15, -0.1) is 6.58 Å². The third-order valence-corrected chi connectivity index (χ3v) is 5.03. The van der Waals surface area contributed by atoms with Crippen LogP contribution in [0.3, 0.4) is 0 Å². The van der Waals surface area contributed by atoms with Gasteiger partial charge >= 0.3 is 0 Å². The van der Waals surface area contributed by atoms with Gasteiger partial charge < -0.3 is 0 Å². The Bertz CT molecular complexity index is 984. The van der Waals surface area contributed by atoms with E-state index < -0.39 is 0 Å². The number of allylic oxidation sites excluding steroid dienone is 1. The molecule has 0 atom stereocenters. The van der Waals surface area contributed by atoms with Crippen LogP contribution in [0.15, 0.2) is 36.9 Å². The summed E-state index contributed by atoms with van der Waals surface area (Å²) in [5.41, 5.74) is 6.08. The van der Waals surface area contributed by atoms with Crippen LogP contribution in [0.4, 0.5) is 5.82 Å². The average molecular weight is 317 g/mol. The fraction of sp³-hybridized carbons (Fsp3) is 0.300. The number of para-hydroxylation sites is 2. The molecule has 1 aliphatic rings. The molecule has 3 heterocycles. The molecular formula is C20H21N4+. The minimum absolute atomic E-state index is 0.728. The summed E-state index contributed by atoms with van der Waals surface area (Å²) in [6, 6.07) is 10.7. The second-order valence-corrected chi connectivity index (χ2v) is 6.43. The van der Waals surface area contributed by atoms with Gasteiger partial charge in [0.2, 0.25) is 11.5 Å². The lowest BCUT2D eigenvalue weighted by molar-refractivity contribution is -0.467. The first-order valence-electron chi connectivity index (χ1n) is 8.50. The van der Waals surface area contributed by atoms with Crippen molar-refractivity contribution >= 4 is 22.5 Å². The summed E-state index contributed by atoms with van der Waals surface area (Å²) in [4.78, 5) is 5.92. The van der Waals surface area contributed by atoms with Gasteiger partial charge in [-0.3, -0.25) is 9.88 Å². The van der Waals surface area contributed by atoms with Crippen LogP contribution in [0.5, 0.6) is 0 Å². The predicted molar refractivity (Wildman–Crippen MR) is 96.3 cm³/mol. The van der Waals surface area contributed by atoms with E-state index >= 15 is 0 Å². The van der Waals surface area contributed by atoms with Crippen molar-refractivity contribution in [3.05, 3.63) is 53.6 Å². The van der Waals surface area contributed by atoms with Gasteiger partial charge in [0.1, 0.15) is 22.7 Å². The number of hydrogen-bond donors (Lipinski definition) is 1. The molecule has 0 bridgehead atoms. The summed E-state index contributed by atoms with van der Waals surface area (Å²) >= 11 is 0. The van der Waals surface area contributed by atoms with Gasteiger partial charge in [0.25, 0.3) is 0 Å². The van der Waals surface area contributed by atoms with Crippen LogP contribution in [0.1, 0.15) is 29.5 Å². The van der Waals surface area contributed by atoms with Crippen molar-refractivity contribution < 1.29 is 4.40 Å². The summed E-state index contributed by atoms with van der Waals surface area (Å²) < 4.78 is 2.24. The number of hydrogen-bond acceptors (Lipinski definition) is 2. The van der Waals surface area contributed by atoms with Gasteiger partial charge in [-0.25, -0.2) is 0 Å². The highest BCUT2D eigenvalue weighted by Gasteiger charge is 2.30. The Morgan fingerprint density at radius 1 is 1.33 bits per heavy atom. The van der Waals surface area contributed by atoms with Crippen LogP contribution in [0.2, 0.25) is 0 Å². The van der Waals surface area contributed by atoms with Crippen LogP contribution in [0, 0.1) is 18.3 Å². The van der Waals surface area contributed by atoms with Crippen LogP contribution < -0.4 is 9.30 Å². The number of nitriles is 1. The van der Waals surface area contributed by atoms with Crippen molar-refractivity contribution in [3.63, 3.8) is 0 Å². The van der Waals surface area contributed by atoms with Crippen molar-refractivity contribution in [2.75, 3.05) is 18.0 Å². The van der Waals surface area contributed by atoms with E-state index in [2.05, 4.69) is 52.1 Å². The fourth-order valence-corrected chi connectivity index (χ4v) is 3.89. The number of pyridine rings is 1. The Balaban J connectivity index is 2.20. The molecule has 0 amide bonds. The fourth-order valence-electron chi connectivity index (χ4n) is 3.89. The van der Waals surface area contributed by atoms with E-state index in [-0.39, 0.29) is 0 Å². The Morgan fingerprint density at radius 2 is 2.08 bits per heavy atom. The highest BCUT2D eigenvalue weighted by atomic mass is 15.2. The van der Waals surface area contributed by atoms with Crippen LogP contribution in [-0.4, -0.2) is 18.1 Å². The number of anilines is 1. The lowest BCUT2D eigenvalue weighted by Crippen LogP contribution is -2.36. The zero-order chi connectivity index (χ0) is 16.7. The minimum Gasteiger partial charge on any atom is -0.292 e. The van der Waals surface area contributed by atoms with E-state index in [0.29, 0.717) is 0 Å². The summed E-state index contributed by atoms with van der Waals surface area (Å²) in [7, 11) is 0. The SMILES string of the molecule is C=CCc1c(C)c(C#N)c2[nH]c3ccccc3[n+]2c1N1CCCC1. The number of nitrogens with zero attached hydrogens (tertiary/aromatic N) is 3. The van der Waals surface area contributed by atoms with Crippen LogP contribution in [-0.2, 0) is 6.42 Å². The van der Waals surface area contributed by atoms with Crippen molar-refractivity contribution in [1.29, 1.82) is 5.26 Å². The molecule has 0 aliphatic carbocycles. The zero-order valence-corrected chi connectivity index (χ0v) is 14.0. The maximum atomic E-state index is 9.77. The van der Waals surface area contributed by atoms with Gasteiger partial charge in [0, 0.05) is 5.56 Å². The first-order valence-corrected chi connectivity index (χ1v) is 8.50. The Hall–Kier alpha value is -2.80. The molecule has 24 heavy (non-hydrogen) atoms. The Labute approximate surface area is 141 Å². The third kappa shape index (κ3) is 2.01. The summed E-state index contributed by atoms with van der Waals surface area (Å²) in [5, 5.41) is 9.77. The molecule has 0 unspecified atom stereocenters. The largest absolute Gasteiger partial charge is 0.292 e. The highest BCUT2D eigenvalue weighted by Crippen LogP contribution is 2.30. The second kappa shape index (κ2) is 5.68. The topological polar surface area (TPSA) is 46.9 Å². The monoisotopic (exact) mass is 317 g/mol. The number of fused-ring (bicyclic) bond motifs is 3. The molecule has 4 rings (SSSR count). The lowest BCUT2D eigenvalue weighted by atomic mass is 10.0. The van der Waals surface area contributed by atoms with Gasteiger partial charge in [-0.05, 0) is 43.9 Å². The molecule has 3 aromatic rings. The maximum absolute atomic E-state index is 9.77. The van der Waals surface area contributed by atoms with Gasteiger partial charge in [-0.1, -0.05) is 18.2 Å². The number of H-pyrrole nitrogens is 1. The summed E-state index contributed by atoms with van der Waals surface area (Å²) in [6.45, 7) is 8.12. The summed E-state index contributed by atoms with van der Waals surface area (Å²) in [5.74, 6) is 1.22. The van der Waals surface area contributed by atoms with E-state index in [1.54, 1.807) is 0 Å². The summed E-state index contributed by atoms with van der Waals surface area (Å²) in [6.07, 6.45) is 5.15. The number of benzene rings is 1. The molecule has 1 aromatic carbocycles. The first-order chi connectivity index (χ1) is 11.8. The molecule has 0 saturated carbocycles. The molecule has 1 saturated heterocycles. The number of imidazole rings is 1. The van der Waals surface area contributed by atoms with Gasteiger partial charge in [0.15, 0.2) is 0 Å². The molecule has 1 N–H and O–H groups in total. The minimum atomic E-state index is 0.728. The van der Waals surface area contributed by atoms with Crippen LogP contribution in [0.25, 0.3) is 16.7 Å². The van der Waals surface area contributed by atoms with Gasteiger partial charge in [0.05, 0.1) is 13.1 Å². The van der Waals surface area contributed by atoms with Crippen LogP contribution >= 0.6 is 0 Å². The number of nitrogens with one attached hydrogen (secondary N) is 1.